The lowest BCUT2D eigenvalue weighted by Crippen LogP contribution is -2.39. The molecule has 4 aromatic rings. The molecule has 172 valence electrons. The molecular formula is C30H30N2O2. The first-order valence-electron chi connectivity index (χ1n) is 12.3. The van der Waals surface area contributed by atoms with E-state index in [4.69, 9.17) is 4.74 Å². The number of allylic oxidation sites excluding steroid dienone is 3. The van der Waals surface area contributed by atoms with E-state index in [1.54, 1.807) is 0 Å². The first-order valence-corrected chi connectivity index (χ1v) is 12.3. The van der Waals surface area contributed by atoms with Gasteiger partial charge in [0.15, 0.2) is 0 Å². The van der Waals surface area contributed by atoms with Crippen molar-refractivity contribution in [1.82, 2.24) is 9.13 Å². The van der Waals surface area contributed by atoms with Crippen molar-refractivity contribution in [3.8, 4) is 0 Å². The van der Waals surface area contributed by atoms with E-state index in [-0.39, 0.29) is 11.9 Å². The number of carbonyl (C=O) groups excluding carboxylic acids is 1. The maximum absolute atomic E-state index is 12.8. The first-order chi connectivity index (χ1) is 16.5. The zero-order valence-corrected chi connectivity index (χ0v) is 20.3. The number of hydrogen-bond acceptors (Lipinski definition) is 2. The van der Waals surface area contributed by atoms with Gasteiger partial charge in [0.2, 0.25) is 0 Å². The molecule has 0 radical (unpaired) electrons. The van der Waals surface area contributed by atoms with Gasteiger partial charge in [-0.05, 0) is 51.0 Å². The van der Waals surface area contributed by atoms with E-state index in [2.05, 4.69) is 97.5 Å². The van der Waals surface area contributed by atoms with Crippen molar-refractivity contribution in [3.05, 3.63) is 94.8 Å². The molecule has 0 amide bonds. The van der Waals surface area contributed by atoms with Crippen molar-refractivity contribution < 1.29 is 9.53 Å². The number of cyclic esters (lactones) is 1. The molecule has 34 heavy (non-hydrogen) atoms. The average molecular weight is 451 g/mol. The van der Waals surface area contributed by atoms with Crippen LogP contribution in [0.2, 0.25) is 0 Å². The van der Waals surface area contributed by atoms with Crippen molar-refractivity contribution in [3.63, 3.8) is 0 Å². The predicted molar refractivity (Wildman–Crippen MR) is 137 cm³/mol. The van der Waals surface area contributed by atoms with Gasteiger partial charge >= 0.3 is 5.97 Å². The minimum Gasteiger partial charge on any atom is -0.462 e. The molecule has 2 aromatic heterocycles. The van der Waals surface area contributed by atoms with Gasteiger partial charge in [0.1, 0.15) is 6.61 Å². The molecule has 1 fully saturated rings. The van der Waals surface area contributed by atoms with Gasteiger partial charge in [-0.25, -0.2) is 4.79 Å². The molecule has 2 aromatic carbocycles. The van der Waals surface area contributed by atoms with Crippen molar-refractivity contribution in [2.75, 3.05) is 6.61 Å². The lowest BCUT2D eigenvalue weighted by Gasteiger charge is -2.39. The normalized spacial score (nSPS) is 19.0. The fraction of sp³-hybridized carbons (Fsp3) is 0.300. The summed E-state index contributed by atoms with van der Waals surface area (Å²) in [6.07, 6.45) is 6.38. The van der Waals surface area contributed by atoms with Gasteiger partial charge in [0, 0.05) is 57.8 Å². The van der Waals surface area contributed by atoms with E-state index in [0.717, 1.165) is 18.7 Å². The molecule has 4 nitrogen and oxygen atoms in total. The van der Waals surface area contributed by atoms with Crippen LogP contribution >= 0.6 is 0 Å². The number of ether oxygens (including phenoxy) is 1. The van der Waals surface area contributed by atoms with Crippen molar-refractivity contribution in [2.24, 2.45) is 5.92 Å². The van der Waals surface area contributed by atoms with Crippen LogP contribution in [-0.4, -0.2) is 21.7 Å². The summed E-state index contributed by atoms with van der Waals surface area (Å²) in [5, 5.41) is 2.50. The maximum Gasteiger partial charge on any atom is 0.334 e. The van der Waals surface area contributed by atoms with Crippen molar-refractivity contribution in [1.29, 1.82) is 0 Å². The predicted octanol–water partition coefficient (Wildman–Crippen LogP) is 6.21. The minimum atomic E-state index is -0.509. The number of aryl methyl sites for hydroxylation is 2. The maximum atomic E-state index is 12.8. The van der Waals surface area contributed by atoms with Crippen molar-refractivity contribution >= 4 is 27.8 Å². The van der Waals surface area contributed by atoms with Gasteiger partial charge in [0.05, 0.1) is 5.41 Å². The number of fused-ring (bicyclic) bond motifs is 3. The highest BCUT2D eigenvalue weighted by atomic mass is 16.5. The number of para-hydroxylation sites is 2. The summed E-state index contributed by atoms with van der Waals surface area (Å²) >= 11 is 0. The average Bonchev–Trinajstić information content (AvgIpc) is 3.47. The van der Waals surface area contributed by atoms with Crippen LogP contribution in [0.25, 0.3) is 21.8 Å². The van der Waals surface area contributed by atoms with Gasteiger partial charge < -0.3 is 13.9 Å². The fourth-order valence-electron chi connectivity index (χ4n) is 6.82. The third-order valence-corrected chi connectivity index (χ3v) is 8.10. The Labute approximate surface area is 200 Å². The van der Waals surface area contributed by atoms with Crippen LogP contribution in [0.4, 0.5) is 0 Å². The minimum absolute atomic E-state index is 0.0744. The molecule has 1 aliphatic carbocycles. The van der Waals surface area contributed by atoms with Crippen LogP contribution in [0.5, 0.6) is 0 Å². The molecule has 4 heteroatoms. The zero-order valence-electron chi connectivity index (χ0n) is 20.3. The zero-order chi connectivity index (χ0) is 23.6. The molecule has 0 spiro atoms. The Balaban J connectivity index is 1.82. The Morgan fingerprint density at radius 3 is 1.94 bits per heavy atom. The summed E-state index contributed by atoms with van der Waals surface area (Å²) in [7, 11) is 0. The van der Waals surface area contributed by atoms with Gasteiger partial charge in [-0.2, -0.15) is 0 Å². The van der Waals surface area contributed by atoms with Crippen LogP contribution in [0, 0.1) is 19.8 Å². The monoisotopic (exact) mass is 450 g/mol. The molecule has 1 unspecified atom stereocenters. The second-order valence-electron chi connectivity index (χ2n) is 9.44. The third-order valence-electron chi connectivity index (χ3n) is 8.10. The highest BCUT2D eigenvalue weighted by molar-refractivity contribution is 5.97. The highest BCUT2D eigenvalue weighted by Gasteiger charge is 2.52. The highest BCUT2D eigenvalue weighted by Crippen LogP contribution is 2.54. The molecule has 2 aliphatic rings. The third kappa shape index (κ3) is 2.51. The first kappa shape index (κ1) is 21.0. The number of aromatic nitrogens is 2. The Hall–Kier alpha value is -3.53. The molecule has 3 heterocycles. The van der Waals surface area contributed by atoms with E-state index in [9.17, 15) is 4.79 Å². The fourth-order valence-corrected chi connectivity index (χ4v) is 6.82. The van der Waals surface area contributed by atoms with Gasteiger partial charge in [0.25, 0.3) is 0 Å². The van der Waals surface area contributed by atoms with Crippen LogP contribution in [0.15, 0.2) is 72.3 Å². The summed E-state index contributed by atoms with van der Waals surface area (Å²) in [4.78, 5) is 12.8. The SMILES string of the molecule is CCn1c(C)c(C2(c3c(C)n(CC)c4ccccc34)C=CC=C3C(=O)OCC32)c2ccccc21. The van der Waals surface area contributed by atoms with Crippen LogP contribution in [0.3, 0.4) is 0 Å². The molecule has 0 bridgehead atoms. The Bertz CT molecular complexity index is 1440. The summed E-state index contributed by atoms with van der Waals surface area (Å²) in [5.74, 6) is -0.262. The van der Waals surface area contributed by atoms with Crippen LogP contribution in [0.1, 0.15) is 36.4 Å². The second kappa shape index (κ2) is 7.49. The summed E-state index contributed by atoms with van der Waals surface area (Å²) in [6.45, 7) is 11.1. The number of esters is 1. The lowest BCUT2D eigenvalue weighted by atomic mass is 9.61. The van der Waals surface area contributed by atoms with Crippen molar-refractivity contribution in [2.45, 2.75) is 46.2 Å². The number of nitrogens with zero attached hydrogens (tertiary/aromatic N) is 2. The van der Waals surface area contributed by atoms with E-state index in [1.165, 1.54) is 44.3 Å². The summed E-state index contributed by atoms with van der Waals surface area (Å²) in [5.41, 5.74) is 7.83. The van der Waals surface area contributed by atoms with Gasteiger partial charge in [-0.15, -0.1) is 0 Å². The number of benzene rings is 2. The molecule has 1 saturated heterocycles. The van der Waals surface area contributed by atoms with Gasteiger partial charge in [-0.1, -0.05) is 54.6 Å². The smallest absolute Gasteiger partial charge is 0.334 e. The van der Waals surface area contributed by atoms with Crippen LogP contribution < -0.4 is 0 Å². The van der Waals surface area contributed by atoms with E-state index < -0.39 is 5.41 Å². The molecule has 1 atom stereocenters. The Morgan fingerprint density at radius 2 is 1.41 bits per heavy atom. The standard InChI is InChI=1S/C30H30N2O2/c1-5-31-19(3)27(22-12-7-9-15-25(22)31)30(17-11-14-21-24(30)18-34-29(21)33)28-20(4)32(6-2)26-16-10-8-13-23(26)28/h7-17,24H,5-6,18H2,1-4H3. The summed E-state index contributed by atoms with van der Waals surface area (Å²) in [6, 6.07) is 17.4. The molecule has 0 N–H and O–H groups in total. The quantitative estimate of drug-likeness (QED) is 0.347. The molecule has 0 saturated carbocycles. The topological polar surface area (TPSA) is 36.2 Å². The number of carbonyl (C=O) groups is 1. The number of hydrogen-bond donors (Lipinski definition) is 0. The Morgan fingerprint density at radius 1 is 0.882 bits per heavy atom. The largest absolute Gasteiger partial charge is 0.462 e. The van der Waals surface area contributed by atoms with Crippen LogP contribution in [-0.2, 0) is 28.0 Å². The molecule has 1 aliphatic heterocycles. The summed E-state index contributed by atoms with van der Waals surface area (Å²) < 4.78 is 10.5. The molecule has 6 rings (SSSR count). The second-order valence-corrected chi connectivity index (χ2v) is 9.44. The molecular weight excluding hydrogens is 420 g/mol. The van der Waals surface area contributed by atoms with Gasteiger partial charge in [-0.3, -0.25) is 0 Å². The lowest BCUT2D eigenvalue weighted by molar-refractivity contribution is -0.135. The van der Waals surface area contributed by atoms with E-state index in [0.29, 0.717) is 6.61 Å². The van der Waals surface area contributed by atoms with E-state index >= 15 is 0 Å². The Kier molecular flexibility index (Phi) is 4.63. The van der Waals surface area contributed by atoms with E-state index in [1.807, 2.05) is 6.08 Å². The number of rotatable bonds is 4.